The Bertz CT molecular complexity index is 449. The van der Waals surface area contributed by atoms with Crippen molar-refractivity contribution < 1.29 is 19.8 Å². The third-order valence-electron chi connectivity index (χ3n) is 2.77. The summed E-state index contributed by atoms with van der Waals surface area (Å²) < 4.78 is 0. The van der Waals surface area contributed by atoms with E-state index in [1.54, 1.807) is 6.07 Å². The van der Waals surface area contributed by atoms with Crippen LogP contribution in [0.2, 0.25) is 0 Å². The van der Waals surface area contributed by atoms with E-state index in [2.05, 4.69) is 0 Å². The molecule has 0 unspecified atom stereocenters. The summed E-state index contributed by atoms with van der Waals surface area (Å²) in [6, 6.07) is 3.03. The van der Waals surface area contributed by atoms with Gasteiger partial charge in [0.2, 0.25) is 0 Å². The molecule has 1 aromatic carbocycles. The molecule has 0 atom stereocenters. The largest absolute Gasteiger partial charge is 0.478 e. The van der Waals surface area contributed by atoms with Gasteiger partial charge < -0.3 is 10.2 Å². The molecule has 0 saturated carbocycles. The van der Waals surface area contributed by atoms with E-state index in [9.17, 15) is 9.59 Å². The zero-order valence-electron chi connectivity index (χ0n) is 9.99. The van der Waals surface area contributed by atoms with E-state index in [0.29, 0.717) is 12.0 Å². The summed E-state index contributed by atoms with van der Waals surface area (Å²) in [6.07, 6.45) is 2.39. The summed E-state index contributed by atoms with van der Waals surface area (Å²) >= 11 is 0. The van der Waals surface area contributed by atoms with Gasteiger partial charge in [0.25, 0.3) is 0 Å². The molecule has 0 bridgehead atoms. The van der Waals surface area contributed by atoms with Crippen LogP contribution in [0.3, 0.4) is 0 Å². The molecule has 0 amide bonds. The van der Waals surface area contributed by atoms with E-state index < -0.39 is 11.9 Å². The maximum Gasteiger partial charge on any atom is 0.336 e. The highest BCUT2D eigenvalue weighted by Crippen LogP contribution is 2.21. The first-order valence-corrected chi connectivity index (χ1v) is 5.58. The van der Waals surface area contributed by atoms with Gasteiger partial charge in [-0.3, -0.25) is 0 Å². The highest BCUT2D eigenvalue weighted by Gasteiger charge is 2.21. The molecular weight excluding hydrogens is 220 g/mol. The lowest BCUT2D eigenvalue weighted by Gasteiger charge is -2.12. The Labute approximate surface area is 99.9 Å². The van der Waals surface area contributed by atoms with Crippen LogP contribution in [-0.4, -0.2) is 22.2 Å². The summed E-state index contributed by atoms with van der Waals surface area (Å²) in [5.74, 6) is -2.36. The van der Waals surface area contributed by atoms with Crippen molar-refractivity contribution in [3.8, 4) is 0 Å². The highest BCUT2D eigenvalue weighted by atomic mass is 16.4. The molecule has 2 N–H and O–H groups in total. The molecule has 0 aliphatic heterocycles. The zero-order valence-corrected chi connectivity index (χ0v) is 9.99. The van der Waals surface area contributed by atoms with E-state index in [1.807, 2.05) is 13.8 Å². The number of unbranched alkanes of at least 4 members (excludes halogenated alkanes) is 1. The Morgan fingerprint density at radius 1 is 1.18 bits per heavy atom. The average Bonchev–Trinajstić information content (AvgIpc) is 2.26. The quantitative estimate of drug-likeness (QED) is 0.824. The van der Waals surface area contributed by atoms with Crippen LogP contribution in [0.15, 0.2) is 12.1 Å². The minimum Gasteiger partial charge on any atom is -0.478 e. The fourth-order valence-corrected chi connectivity index (χ4v) is 1.85. The number of aryl methyl sites for hydroxylation is 1. The van der Waals surface area contributed by atoms with Crippen molar-refractivity contribution in [1.82, 2.24) is 0 Å². The number of carbonyl (C=O) groups is 2. The number of carboxylic acids is 2. The number of benzene rings is 1. The van der Waals surface area contributed by atoms with Crippen molar-refractivity contribution in [3.63, 3.8) is 0 Å². The SMILES string of the molecule is CCCCc1c(C)ccc(C(=O)O)c1C(=O)O. The van der Waals surface area contributed by atoms with Gasteiger partial charge in [-0.05, 0) is 37.0 Å². The number of hydrogen-bond acceptors (Lipinski definition) is 2. The van der Waals surface area contributed by atoms with Gasteiger partial charge in [-0.2, -0.15) is 0 Å². The Kier molecular flexibility index (Phi) is 4.26. The van der Waals surface area contributed by atoms with Crippen LogP contribution < -0.4 is 0 Å². The lowest BCUT2D eigenvalue weighted by Crippen LogP contribution is -2.13. The molecule has 0 aliphatic carbocycles. The summed E-state index contributed by atoms with van der Waals surface area (Å²) in [5.41, 5.74) is 1.28. The molecule has 0 saturated heterocycles. The van der Waals surface area contributed by atoms with E-state index in [-0.39, 0.29) is 11.1 Å². The minimum atomic E-state index is -1.19. The predicted molar refractivity (Wildman–Crippen MR) is 63.7 cm³/mol. The maximum absolute atomic E-state index is 11.2. The van der Waals surface area contributed by atoms with Crippen LogP contribution in [0.4, 0.5) is 0 Å². The fourth-order valence-electron chi connectivity index (χ4n) is 1.85. The summed E-state index contributed by atoms with van der Waals surface area (Å²) in [5, 5.41) is 18.1. The first-order chi connectivity index (χ1) is 7.99. The van der Waals surface area contributed by atoms with Gasteiger partial charge in [0.05, 0.1) is 11.1 Å². The number of aromatic carboxylic acids is 2. The Balaban J connectivity index is 3.37. The molecule has 17 heavy (non-hydrogen) atoms. The Morgan fingerprint density at radius 3 is 2.29 bits per heavy atom. The second-order valence-electron chi connectivity index (χ2n) is 4.00. The van der Waals surface area contributed by atoms with Crippen molar-refractivity contribution >= 4 is 11.9 Å². The maximum atomic E-state index is 11.2. The highest BCUT2D eigenvalue weighted by molar-refractivity contribution is 6.03. The zero-order chi connectivity index (χ0) is 13.0. The summed E-state index contributed by atoms with van der Waals surface area (Å²) in [6.45, 7) is 3.82. The average molecular weight is 236 g/mol. The lowest BCUT2D eigenvalue weighted by molar-refractivity contribution is 0.0650. The predicted octanol–water partition coefficient (Wildman–Crippen LogP) is 2.73. The standard InChI is InChI=1S/C13H16O4/c1-3-4-5-9-8(2)6-7-10(12(14)15)11(9)13(16)17/h6-7H,3-5H2,1-2H3,(H,14,15)(H,16,17). The molecular formula is C13H16O4. The van der Waals surface area contributed by atoms with Crippen molar-refractivity contribution in [1.29, 1.82) is 0 Å². The van der Waals surface area contributed by atoms with Crippen LogP contribution in [0.25, 0.3) is 0 Å². The molecule has 0 heterocycles. The van der Waals surface area contributed by atoms with E-state index >= 15 is 0 Å². The topological polar surface area (TPSA) is 74.6 Å². The van der Waals surface area contributed by atoms with Gasteiger partial charge in [0.1, 0.15) is 0 Å². The van der Waals surface area contributed by atoms with E-state index in [1.165, 1.54) is 6.07 Å². The molecule has 0 radical (unpaired) electrons. The lowest BCUT2D eigenvalue weighted by atomic mass is 9.93. The van der Waals surface area contributed by atoms with Gasteiger partial charge in [-0.15, -0.1) is 0 Å². The normalized spacial score (nSPS) is 10.2. The molecule has 4 nitrogen and oxygen atoms in total. The molecule has 1 rings (SSSR count). The molecule has 0 fully saturated rings. The third kappa shape index (κ3) is 2.84. The van der Waals surface area contributed by atoms with E-state index in [4.69, 9.17) is 10.2 Å². The van der Waals surface area contributed by atoms with Crippen molar-refractivity contribution in [3.05, 3.63) is 34.4 Å². The number of carboxylic acid groups (broad SMARTS) is 2. The Morgan fingerprint density at radius 2 is 1.82 bits per heavy atom. The molecule has 0 aliphatic rings. The van der Waals surface area contributed by atoms with Gasteiger partial charge in [-0.1, -0.05) is 19.4 Å². The molecule has 1 aromatic rings. The second kappa shape index (κ2) is 5.48. The Hall–Kier alpha value is -1.84. The van der Waals surface area contributed by atoms with Crippen LogP contribution >= 0.6 is 0 Å². The van der Waals surface area contributed by atoms with Crippen LogP contribution in [0, 0.1) is 6.92 Å². The number of hydrogen-bond donors (Lipinski definition) is 2. The van der Waals surface area contributed by atoms with Gasteiger partial charge in [0.15, 0.2) is 0 Å². The van der Waals surface area contributed by atoms with Crippen LogP contribution in [0.5, 0.6) is 0 Å². The monoisotopic (exact) mass is 236 g/mol. The fraction of sp³-hybridized carbons (Fsp3) is 0.385. The molecule has 92 valence electrons. The van der Waals surface area contributed by atoms with E-state index in [0.717, 1.165) is 18.4 Å². The summed E-state index contributed by atoms with van der Waals surface area (Å²) in [4.78, 5) is 22.2. The summed E-state index contributed by atoms with van der Waals surface area (Å²) in [7, 11) is 0. The minimum absolute atomic E-state index is 0.0639. The van der Waals surface area contributed by atoms with Crippen molar-refractivity contribution in [2.75, 3.05) is 0 Å². The molecule has 4 heteroatoms. The van der Waals surface area contributed by atoms with Gasteiger partial charge in [0, 0.05) is 0 Å². The number of rotatable bonds is 5. The first-order valence-electron chi connectivity index (χ1n) is 5.58. The molecule has 0 spiro atoms. The molecule has 0 aromatic heterocycles. The van der Waals surface area contributed by atoms with Crippen molar-refractivity contribution in [2.45, 2.75) is 33.1 Å². The second-order valence-corrected chi connectivity index (χ2v) is 4.00. The third-order valence-corrected chi connectivity index (χ3v) is 2.77. The van der Waals surface area contributed by atoms with Crippen LogP contribution in [-0.2, 0) is 6.42 Å². The smallest absolute Gasteiger partial charge is 0.336 e. The van der Waals surface area contributed by atoms with Crippen molar-refractivity contribution in [2.24, 2.45) is 0 Å². The van der Waals surface area contributed by atoms with Gasteiger partial charge >= 0.3 is 11.9 Å². The van der Waals surface area contributed by atoms with Crippen LogP contribution in [0.1, 0.15) is 51.6 Å². The first kappa shape index (κ1) is 13.2. The van der Waals surface area contributed by atoms with Gasteiger partial charge in [-0.25, -0.2) is 9.59 Å².